The highest BCUT2D eigenvalue weighted by molar-refractivity contribution is 5.44. The summed E-state index contributed by atoms with van der Waals surface area (Å²) < 4.78 is 18.2. The molecule has 0 heterocycles. The maximum absolute atomic E-state index is 13.1. The van der Waals surface area contributed by atoms with Gasteiger partial charge in [0.25, 0.3) is 0 Å². The Morgan fingerprint density at radius 1 is 1.36 bits per heavy atom. The number of nitrogens with one attached hydrogen (secondary N) is 1. The molecule has 0 aliphatic carbocycles. The lowest BCUT2D eigenvalue weighted by Gasteiger charge is -2.06. The molecule has 0 aromatic heterocycles. The fourth-order valence-electron chi connectivity index (χ4n) is 1.15. The summed E-state index contributed by atoms with van der Waals surface area (Å²) in [6, 6.07) is 6.68. The van der Waals surface area contributed by atoms with E-state index in [2.05, 4.69) is 5.32 Å². The van der Waals surface area contributed by atoms with E-state index in [9.17, 15) is 4.39 Å². The molecule has 0 fully saturated rings. The van der Waals surface area contributed by atoms with Crippen molar-refractivity contribution in [3.05, 3.63) is 30.1 Å². The zero-order chi connectivity index (χ0) is 10.2. The van der Waals surface area contributed by atoms with E-state index in [1.165, 1.54) is 6.07 Å². The van der Waals surface area contributed by atoms with Gasteiger partial charge in [0.1, 0.15) is 5.82 Å². The molecule has 1 N–H and O–H groups in total. The van der Waals surface area contributed by atoms with Gasteiger partial charge in [-0.3, -0.25) is 0 Å². The average molecular weight is 197 g/mol. The summed E-state index contributed by atoms with van der Waals surface area (Å²) in [5.41, 5.74) is 0.559. The first kappa shape index (κ1) is 11.0. The molecule has 14 heavy (non-hydrogen) atoms. The molecular formula is C11H16FNO. The molecule has 3 heteroatoms. The van der Waals surface area contributed by atoms with Gasteiger partial charge < -0.3 is 10.1 Å². The second kappa shape index (κ2) is 6.38. The van der Waals surface area contributed by atoms with E-state index in [4.69, 9.17) is 4.74 Å². The van der Waals surface area contributed by atoms with Crippen LogP contribution in [0.2, 0.25) is 0 Å². The molecule has 0 bridgehead atoms. The molecule has 0 amide bonds. The van der Waals surface area contributed by atoms with Crippen LogP contribution in [0, 0.1) is 5.82 Å². The quantitative estimate of drug-likeness (QED) is 0.708. The van der Waals surface area contributed by atoms with Crippen LogP contribution in [0.1, 0.15) is 13.3 Å². The van der Waals surface area contributed by atoms with E-state index < -0.39 is 0 Å². The van der Waals surface area contributed by atoms with Gasteiger partial charge >= 0.3 is 0 Å². The molecule has 0 unspecified atom stereocenters. The van der Waals surface area contributed by atoms with Crippen molar-refractivity contribution in [2.45, 2.75) is 13.3 Å². The second-order valence-corrected chi connectivity index (χ2v) is 2.96. The lowest BCUT2D eigenvalue weighted by molar-refractivity contribution is 0.147. The van der Waals surface area contributed by atoms with Crippen molar-refractivity contribution in [2.75, 3.05) is 25.1 Å². The summed E-state index contributed by atoms with van der Waals surface area (Å²) in [5.74, 6) is -0.205. The molecule has 2 nitrogen and oxygen atoms in total. The number of para-hydroxylation sites is 1. The minimum absolute atomic E-state index is 0.205. The Morgan fingerprint density at radius 2 is 2.14 bits per heavy atom. The van der Waals surface area contributed by atoms with Gasteiger partial charge in [-0.05, 0) is 25.5 Å². The van der Waals surface area contributed by atoms with E-state index in [0.29, 0.717) is 5.69 Å². The van der Waals surface area contributed by atoms with Crippen LogP contribution < -0.4 is 5.32 Å². The first-order valence-electron chi connectivity index (χ1n) is 4.90. The molecule has 0 saturated carbocycles. The molecule has 0 atom stereocenters. The standard InChI is InChI=1S/C11H16FNO/c1-2-14-9-5-8-13-11-7-4-3-6-10(11)12/h3-4,6-7,13H,2,5,8-9H2,1H3. The van der Waals surface area contributed by atoms with Gasteiger partial charge in [0.2, 0.25) is 0 Å². The molecule has 0 spiro atoms. The Hall–Kier alpha value is -1.09. The summed E-state index contributed by atoms with van der Waals surface area (Å²) in [6.45, 7) is 4.16. The fraction of sp³-hybridized carbons (Fsp3) is 0.455. The maximum atomic E-state index is 13.1. The van der Waals surface area contributed by atoms with Gasteiger partial charge in [-0.25, -0.2) is 4.39 Å². The minimum atomic E-state index is -0.205. The monoisotopic (exact) mass is 197 g/mol. The summed E-state index contributed by atoms with van der Waals surface area (Å²) in [4.78, 5) is 0. The smallest absolute Gasteiger partial charge is 0.146 e. The van der Waals surface area contributed by atoms with E-state index in [1.54, 1.807) is 12.1 Å². The molecule has 0 saturated heterocycles. The van der Waals surface area contributed by atoms with Gasteiger partial charge in [0.15, 0.2) is 0 Å². The van der Waals surface area contributed by atoms with Gasteiger partial charge in [0, 0.05) is 19.8 Å². The van der Waals surface area contributed by atoms with Crippen molar-refractivity contribution in [3.8, 4) is 0 Å². The van der Waals surface area contributed by atoms with Gasteiger partial charge in [-0.2, -0.15) is 0 Å². The Kier molecular flexibility index (Phi) is 5.00. The molecular weight excluding hydrogens is 181 g/mol. The normalized spacial score (nSPS) is 10.1. The zero-order valence-corrected chi connectivity index (χ0v) is 8.42. The molecule has 1 rings (SSSR count). The van der Waals surface area contributed by atoms with Crippen molar-refractivity contribution < 1.29 is 9.13 Å². The van der Waals surface area contributed by atoms with Crippen LogP contribution in [0.5, 0.6) is 0 Å². The first-order valence-corrected chi connectivity index (χ1v) is 4.90. The zero-order valence-electron chi connectivity index (χ0n) is 8.42. The van der Waals surface area contributed by atoms with E-state index in [0.717, 1.165) is 26.2 Å². The second-order valence-electron chi connectivity index (χ2n) is 2.96. The summed E-state index contributed by atoms with van der Waals surface area (Å²) in [7, 11) is 0. The average Bonchev–Trinajstić information content (AvgIpc) is 2.20. The predicted molar refractivity (Wildman–Crippen MR) is 56.0 cm³/mol. The number of ether oxygens (including phenoxy) is 1. The molecule has 0 aliphatic rings. The number of anilines is 1. The van der Waals surface area contributed by atoms with Crippen LogP contribution in [-0.2, 0) is 4.74 Å². The van der Waals surface area contributed by atoms with Crippen molar-refractivity contribution in [2.24, 2.45) is 0 Å². The summed E-state index contributed by atoms with van der Waals surface area (Å²) >= 11 is 0. The van der Waals surface area contributed by atoms with E-state index in [1.807, 2.05) is 13.0 Å². The Morgan fingerprint density at radius 3 is 2.86 bits per heavy atom. The SMILES string of the molecule is CCOCCCNc1ccccc1F. The first-order chi connectivity index (χ1) is 6.84. The molecule has 0 radical (unpaired) electrons. The van der Waals surface area contributed by atoms with Gasteiger partial charge in [0.05, 0.1) is 5.69 Å². The minimum Gasteiger partial charge on any atom is -0.383 e. The van der Waals surface area contributed by atoms with E-state index in [-0.39, 0.29) is 5.82 Å². The molecule has 1 aromatic rings. The Labute approximate surface area is 84.1 Å². The molecule has 0 aliphatic heterocycles. The third kappa shape index (κ3) is 3.75. The largest absolute Gasteiger partial charge is 0.383 e. The van der Waals surface area contributed by atoms with Crippen molar-refractivity contribution in [3.63, 3.8) is 0 Å². The van der Waals surface area contributed by atoms with Crippen LogP contribution in [0.25, 0.3) is 0 Å². The third-order valence-corrected chi connectivity index (χ3v) is 1.86. The van der Waals surface area contributed by atoms with Crippen LogP contribution in [0.3, 0.4) is 0 Å². The van der Waals surface area contributed by atoms with Crippen molar-refractivity contribution >= 4 is 5.69 Å². The lowest BCUT2D eigenvalue weighted by atomic mass is 10.3. The number of benzene rings is 1. The Balaban J connectivity index is 2.21. The van der Waals surface area contributed by atoms with Crippen LogP contribution in [0.15, 0.2) is 24.3 Å². The summed E-state index contributed by atoms with van der Waals surface area (Å²) in [6.07, 6.45) is 0.891. The highest BCUT2D eigenvalue weighted by Crippen LogP contribution is 2.11. The Bertz CT molecular complexity index is 265. The number of halogens is 1. The highest BCUT2D eigenvalue weighted by atomic mass is 19.1. The molecule has 1 aromatic carbocycles. The molecule has 78 valence electrons. The number of rotatable bonds is 6. The van der Waals surface area contributed by atoms with E-state index >= 15 is 0 Å². The summed E-state index contributed by atoms with van der Waals surface area (Å²) in [5, 5.41) is 3.02. The number of hydrogen-bond donors (Lipinski definition) is 1. The van der Waals surface area contributed by atoms with Gasteiger partial charge in [-0.15, -0.1) is 0 Å². The third-order valence-electron chi connectivity index (χ3n) is 1.86. The van der Waals surface area contributed by atoms with Crippen LogP contribution in [-0.4, -0.2) is 19.8 Å². The van der Waals surface area contributed by atoms with Gasteiger partial charge in [-0.1, -0.05) is 12.1 Å². The highest BCUT2D eigenvalue weighted by Gasteiger charge is 1.97. The fourth-order valence-corrected chi connectivity index (χ4v) is 1.15. The topological polar surface area (TPSA) is 21.3 Å². The lowest BCUT2D eigenvalue weighted by Crippen LogP contribution is -2.06. The number of hydrogen-bond acceptors (Lipinski definition) is 2. The maximum Gasteiger partial charge on any atom is 0.146 e. The predicted octanol–water partition coefficient (Wildman–Crippen LogP) is 2.66. The van der Waals surface area contributed by atoms with Crippen LogP contribution >= 0.6 is 0 Å². The van der Waals surface area contributed by atoms with Crippen molar-refractivity contribution in [1.82, 2.24) is 0 Å². The van der Waals surface area contributed by atoms with Crippen LogP contribution in [0.4, 0.5) is 10.1 Å². The van der Waals surface area contributed by atoms with Crippen molar-refractivity contribution in [1.29, 1.82) is 0 Å².